The van der Waals surface area contributed by atoms with Crippen LogP contribution in [0.2, 0.25) is 0 Å². The molecule has 0 spiro atoms. The number of aromatic amines is 1. The van der Waals surface area contributed by atoms with Crippen molar-refractivity contribution in [2.24, 2.45) is 7.05 Å². The molecule has 0 radical (unpaired) electrons. The molecule has 0 bridgehead atoms. The molecule has 0 fully saturated rings. The second-order valence-electron chi connectivity index (χ2n) is 7.01. The maximum atomic E-state index is 14.0. The lowest BCUT2D eigenvalue weighted by molar-refractivity contribution is 0.0978. The standard InChI is InChI=1S/C22H21FN2O3/c1-13-4-5-17(18(23)6-13)21(27)9-15-7-19(24-11-15)22(28)10-16-8-20(14(2)26)25(3)12-16/h4-8,11-12,24H,9-10H2,1-3H3. The summed E-state index contributed by atoms with van der Waals surface area (Å²) >= 11 is 0. The predicted molar refractivity (Wildman–Crippen MR) is 103 cm³/mol. The van der Waals surface area contributed by atoms with Crippen LogP contribution in [0.5, 0.6) is 0 Å². The number of ketones is 3. The summed E-state index contributed by atoms with van der Waals surface area (Å²) in [5, 5.41) is 0. The van der Waals surface area contributed by atoms with Crippen LogP contribution in [-0.4, -0.2) is 26.9 Å². The molecule has 0 aliphatic heterocycles. The highest BCUT2D eigenvalue weighted by molar-refractivity contribution is 5.99. The van der Waals surface area contributed by atoms with E-state index in [1.807, 2.05) is 0 Å². The highest BCUT2D eigenvalue weighted by Crippen LogP contribution is 2.16. The first-order chi connectivity index (χ1) is 13.2. The van der Waals surface area contributed by atoms with Crippen molar-refractivity contribution in [2.75, 3.05) is 0 Å². The average molecular weight is 380 g/mol. The molecule has 0 unspecified atom stereocenters. The molecule has 5 nitrogen and oxygen atoms in total. The van der Waals surface area contributed by atoms with Crippen molar-refractivity contribution in [1.82, 2.24) is 9.55 Å². The van der Waals surface area contributed by atoms with E-state index in [0.717, 1.165) is 11.1 Å². The van der Waals surface area contributed by atoms with Crippen LogP contribution in [0.4, 0.5) is 4.39 Å². The number of carbonyl (C=O) groups excluding carboxylic acids is 3. The largest absolute Gasteiger partial charge is 0.358 e. The molecular formula is C22H21FN2O3. The van der Waals surface area contributed by atoms with Crippen LogP contribution in [0.25, 0.3) is 0 Å². The summed E-state index contributed by atoms with van der Waals surface area (Å²) in [6, 6.07) is 7.81. The number of aromatic nitrogens is 2. The van der Waals surface area contributed by atoms with Crippen LogP contribution in [0.15, 0.2) is 42.7 Å². The highest BCUT2D eigenvalue weighted by atomic mass is 19.1. The van der Waals surface area contributed by atoms with Crippen molar-refractivity contribution in [3.05, 3.63) is 82.2 Å². The first kappa shape index (κ1) is 19.5. The Bertz CT molecular complexity index is 1080. The number of carbonyl (C=O) groups is 3. The Labute approximate surface area is 162 Å². The normalized spacial score (nSPS) is 10.9. The highest BCUT2D eigenvalue weighted by Gasteiger charge is 2.16. The lowest BCUT2D eigenvalue weighted by Gasteiger charge is -2.02. The molecule has 144 valence electrons. The second kappa shape index (κ2) is 7.76. The molecular weight excluding hydrogens is 359 g/mol. The van der Waals surface area contributed by atoms with E-state index in [4.69, 9.17) is 0 Å². The number of nitrogens with zero attached hydrogens (tertiary/aromatic N) is 1. The van der Waals surface area contributed by atoms with Gasteiger partial charge < -0.3 is 9.55 Å². The van der Waals surface area contributed by atoms with Gasteiger partial charge in [-0.1, -0.05) is 6.07 Å². The number of benzene rings is 1. The molecule has 1 aromatic carbocycles. The molecule has 1 N–H and O–H groups in total. The number of rotatable bonds is 7. The van der Waals surface area contributed by atoms with Crippen LogP contribution in [0.3, 0.4) is 0 Å². The lowest BCUT2D eigenvalue weighted by atomic mass is 10.0. The maximum Gasteiger partial charge on any atom is 0.183 e. The van der Waals surface area contributed by atoms with Crippen LogP contribution in [-0.2, 0) is 19.9 Å². The Morgan fingerprint density at radius 1 is 1.04 bits per heavy atom. The first-order valence-electron chi connectivity index (χ1n) is 8.90. The van der Waals surface area contributed by atoms with E-state index >= 15 is 0 Å². The van der Waals surface area contributed by atoms with Gasteiger partial charge in [0, 0.05) is 39.2 Å². The van der Waals surface area contributed by atoms with E-state index in [2.05, 4.69) is 4.98 Å². The van der Waals surface area contributed by atoms with Gasteiger partial charge in [0.25, 0.3) is 0 Å². The minimum Gasteiger partial charge on any atom is -0.358 e. The third-order valence-electron chi connectivity index (χ3n) is 4.62. The molecule has 2 heterocycles. The Hall–Kier alpha value is -3.28. The maximum absolute atomic E-state index is 14.0. The summed E-state index contributed by atoms with van der Waals surface area (Å²) in [6.07, 6.45) is 3.48. The van der Waals surface area contributed by atoms with Crippen molar-refractivity contribution in [1.29, 1.82) is 0 Å². The third kappa shape index (κ3) is 4.17. The smallest absolute Gasteiger partial charge is 0.183 e. The second-order valence-corrected chi connectivity index (χ2v) is 7.01. The summed E-state index contributed by atoms with van der Waals surface area (Å²) in [5.74, 6) is -1.10. The van der Waals surface area contributed by atoms with Crippen LogP contribution in [0.1, 0.15) is 54.9 Å². The Morgan fingerprint density at radius 3 is 2.39 bits per heavy atom. The van der Waals surface area contributed by atoms with Gasteiger partial charge in [0.15, 0.2) is 17.3 Å². The Morgan fingerprint density at radius 2 is 1.75 bits per heavy atom. The van der Waals surface area contributed by atoms with E-state index < -0.39 is 5.82 Å². The van der Waals surface area contributed by atoms with Gasteiger partial charge in [0.2, 0.25) is 0 Å². The quantitative estimate of drug-likeness (QED) is 0.633. The topological polar surface area (TPSA) is 71.9 Å². The van der Waals surface area contributed by atoms with Gasteiger partial charge in [-0.2, -0.15) is 0 Å². The molecule has 6 heteroatoms. The molecule has 0 saturated carbocycles. The van der Waals surface area contributed by atoms with Gasteiger partial charge in [-0.05, 0) is 47.9 Å². The average Bonchev–Trinajstić information content (AvgIpc) is 3.21. The van der Waals surface area contributed by atoms with E-state index in [9.17, 15) is 18.8 Å². The van der Waals surface area contributed by atoms with Gasteiger partial charge in [-0.3, -0.25) is 14.4 Å². The van der Waals surface area contributed by atoms with Crippen molar-refractivity contribution in [3.63, 3.8) is 0 Å². The zero-order valence-corrected chi connectivity index (χ0v) is 16.0. The fourth-order valence-electron chi connectivity index (χ4n) is 3.19. The molecule has 3 rings (SSSR count). The zero-order valence-electron chi connectivity index (χ0n) is 16.0. The van der Waals surface area contributed by atoms with Gasteiger partial charge in [0.1, 0.15) is 5.82 Å². The Kier molecular flexibility index (Phi) is 5.40. The number of H-pyrrole nitrogens is 1. The van der Waals surface area contributed by atoms with Crippen molar-refractivity contribution in [3.8, 4) is 0 Å². The van der Waals surface area contributed by atoms with Gasteiger partial charge in [-0.25, -0.2) is 4.39 Å². The molecule has 0 aliphatic carbocycles. The summed E-state index contributed by atoms with van der Waals surface area (Å²) in [7, 11) is 1.76. The van der Waals surface area contributed by atoms with Crippen molar-refractivity contribution < 1.29 is 18.8 Å². The van der Waals surface area contributed by atoms with E-state index in [1.54, 1.807) is 49.1 Å². The van der Waals surface area contributed by atoms with Crippen molar-refractivity contribution in [2.45, 2.75) is 26.7 Å². The van der Waals surface area contributed by atoms with Crippen LogP contribution in [0, 0.1) is 12.7 Å². The van der Waals surface area contributed by atoms with E-state index in [1.165, 1.54) is 19.1 Å². The zero-order chi connectivity index (χ0) is 20.4. The molecule has 2 aromatic heterocycles. The van der Waals surface area contributed by atoms with E-state index in [0.29, 0.717) is 17.0 Å². The fraction of sp³-hybridized carbons (Fsp3) is 0.227. The number of halogens is 1. The van der Waals surface area contributed by atoms with Gasteiger partial charge in [0.05, 0.1) is 17.0 Å². The SMILES string of the molecule is CC(=O)c1cc(CC(=O)c2cc(CC(=O)c3ccc(C)cc3F)c[nH]2)cn1C. The number of hydrogen-bond donors (Lipinski definition) is 1. The number of nitrogens with one attached hydrogen (secondary N) is 1. The summed E-state index contributed by atoms with van der Waals surface area (Å²) in [5.41, 5.74) is 3.07. The number of Topliss-reactive ketones (excluding diaryl/α,β-unsaturated/α-hetero) is 3. The van der Waals surface area contributed by atoms with Gasteiger partial charge in [-0.15, -0.1) is 0 Å². The van der Waals surface area contributed by atoms with Crippen LogP contribution < -0.4 is 0 Å². The molecule has 0 amide bonds. The summed E-state index contributed by atoms with van der Waals surface area (Å²) < 4.78 is 15.7. The molecule has 0 atom stereocenters. The monoisotopic (exact) mass is 380 g/mol. The molecule has 3 aromatic rings. The van der Waals surface area contributed by atoms with Gasteiger partial charge >= 0.3 is 0 Å². The minimum atomic E-state index is -0.540. The summed E-state index contributed by atoms with van der Waals surface area (Å²) in [6.45, 7) is 3.24. The predicted octanol–water partition coefficient (Wildman–Crippen LogP) is 3.85. The molecule has 28 heavy (non-hydrogen) atoms. The molecule has 0 aliphatic rings. The Balaban J connectivity index is 1.69. The van der Waals surface area contributed by atoms with Crippen LogP contribution >= 0.6 is 0 Å². The fourth-order valence-corrected chi connectivity index (χ4v) is 3.19. The van der Waals surface area contributed by atoms with E-state index in [-0.39, 0.29) is 35.8 Å². The number of hydrogen-bond acceptors (Lipinski definition) is 3. The number of aryl methyl sites for hydroxylation is 2. The summed E-state index contributed by atoms with van der Waals surface area (Å²) in [4.78, 5) is 39.3. The minimum absolute atomic E-state index is 0.00355. The molecule has 0 saturated heterocycles. The third-order valence-corrected chi connectivity index (χ3v) is 4.62. The lowest BCUT2D eigenvalue weighted by Crippen LogP contribution is -2.06. The first-order valence-corrected chi connectivity index (χ1v) is 8.90. The van der Waals surface area contributed by atoms with Crippen molar-refractivity contribution >= 4 is 17.3 Å².